The molecule has 0 spiro atoms. The molecule has 1 amide bonds. The van der Waals surface area contributed by atoms with Gasteiger partial charge in [-0.2, -0.15) is 0 Å². The summed E-state index contributed by atoms with van der Waals surface area (Å²) in [5.74, 6) is 0.499. The van der Waals surface area contributed by atoms with Gasteiger partial charge in [-0.05, 0) is 25.8 Å². The van der Waals surface area contributed by atoms with Crippen LogP contribution in [-0.2, 0) is 4.79 Å². The zero-order valence-electron chi connectivity index (χ0n) is 14.7. The van der Waals surface area contributed by atoms with Gasteiger partial charge in [-0.25, -0.2) is 0 Å². The van der Waals surface area contributed by atoms with Crippen LogP contribution < -0.4 is 5.32 Å². The van der Waals surface area contributed by atoms with Crippen LogP contribution in [0.2, 0.25) is 0 Å². The van der Waals surface area contributed by atoms with E-state index in [1.54, 1.807) is 0 Å². The van der Waals surface area contributed by atoms with E-state index in [-0.39, 0.29) is 11.2 Å². The van der Waals surface area contributed by atoms with Crippen LogP contribution >= 0.6 is 11.8 Å². The van der Waals surface area contributed by atoms with Crippen LogP contribution in [0.4, 0.5) is 0 Å². The molecular formula is C19H22N4O2S. The maximum atomic E-state index is 12.4. The largest absolute Gasteiger partial charge is 0.411 e. The van der Waals surface area contributed by atoms with E-state index >= 15 is 0 Å². The molecule has 2 heterocycles. The molecule has 0 radical (unpaired) electrons. The predicted octanol–water partition coefficient (Wildman–Crippen LogP) is 4.15. The second-order valence-corrected chi connectivity index (χ2v) is 8.02. The molecule has 6 nitrogen and oxygen atoms in total. The molecule has 0 bridgehead atoms. The quantitative estimate of drug-likeness (QED) is 0.659. The van der Waals surface area contributed by atoms with Crippen LogP contribution in [0.15, 0.2) is 40.1 Å². The molecule has 4 rings (SSSR count). The molecule has 2 aromatic heterocycles. The summed E-state index contributed by atoms with van der Waals surface area (Å²) < 4.78 is 5.79. The Kier molecular flexibility index (Phi) is 4.97. The number of benzene rings is 1. The number of nitrogens with one attached hydrogen (secondary N) is 2. The second kappa shape index (κ2) is 7.53. The number of rotatable bonds is 5. The standard InChI is InChI=1S/C19H22N4O2S/c1-12(17(24)21-13-7-3-2-4-8-13)26-19-23-22-18(25-19)15-11-20-16-10-6-5-9-14(15)16/h5-6,9-13,20H,2-4,7-8H2,1H3,(H,21,24)/t12-/m1/s1. The Bertz CT molecular complexity index is 898. The lowest BCUT2D eigenvalue weighted by Gasteiger charge is -2.23. The summed E-state index contributed by atoms with van der Waals surface area (Å²) in [5.41, 5.74) is 1.90. The fourth-order valence-electron chi connectivity index (χ4n) is 3.38. The molecule has 7 heteroatoms. The van der Waals surface area contributed by atoms with Crippen LogP contribution in [0, 0.1) is 0 Å². The minimum Gasteiger partial charge on any atom is -0.411 e. The van der Waals surface area contributed by atoms with E-state index in [1.807, 2.05) is 37.4 Å². The Morgan fingerprint density at radius 2 is 2.08 bits per heavy atom. The molecule has 3 aromatic rings. The van der Waals surface area contributed by atoms with Gasteiger partial charge >= 0.3 is 0 Å². The van der Waals surface area contributed by atoms with Gasteiger partial charge in [-0.15, -0.1) is 10.2 Å². The van der Waals surface area contributed by atoms with E-state index in [2.05, 4.69) is 20.5 Å². The normalized spacial score (nSPS) is 16.7. The number of fused-ring (bicyclic) bond motifs is 1. The van der Waals surface area contributed by atoms with E-state index in [0.29, 0.717) is 17.2 Å². The molecule has 2 N–H and O–H groups in total. The number of hydrogen-bond acceptors (Lipinski definition) is 5. The highest BCUT2D eigenvalue weighted by Crippen LogP contribution is 2.30. The van der Waals surface area contributed by atoms with Crippen LogP contribution in [0.3, 0.4) is 0 Å². The number of hydrogen-bond donors (Lipinski definition) is 2. The maximum Gasteiger partial charge on any atom is 0.277 e. The molecular weight excluding hydrogens is 348 g/mol. The van der Waals surface area contributed by atoms with Crippen molar-refractivity contribution in [3.8, 4) is 11.5 Å². The number of para-hydroxylation sites is 1. The van der Waals surface area contributed by atoms with Crippen molar-refractivity contribution in [2.24, 2.45) is 0 Å². The summed E-state index contributed by atoms with van der Waals surface area (Å²) in [7, 11) is 0. The van der Waals surface area contributed by atoms with E-state index < -0.39 is 0 Å². The lowest BCUT2D eigenvalue weighted by Crippen LogP contribution is -2.40. The third-order valence-electron chi connectivity index (χ3n) is 4.82. The van der Waals surface area contributed by atoms with Crippen molar-refractivity contribution < 1.29 is 9.21 Å². The molecule has 1 saturated carbocycles. The predicted molar refractivity (Wildman–Crippen MR) is 102 cm³/mol. The van der Waals surface area contributed by atoms with Gasteiger partial charge in [0.1, 0.15) is 0 Å². The van der Waals surface area contributed by atoms with Gasteiger partial charge in [0.15, 0.2) is 0 Å². The van der Waals surface area contributed by atoms with Crippen molar-refractivity contribution >= 4 is 28.6 Å². The lowest BCUT2D eigenvalue weighted by molar-refractivity contribution is -0.121. The van der Waals surface area contributed by atoms with Gasteiger partial charge in [0.05, 0.1) is 10.8 Å². The fourth-order valence-corrected chi connectivity index (χ4v) is 4.08. The van der Waals surface area contributed by atoms with Crippen LogP contribution in [0.1, 0.15) is 39.0 Å². The minimum absolute atomic E-state index is 0.0359. The highest BCUT2D eigenvalue weighted by molar-refractivity contribution is 8.00. The molecule has 26 heavy (non-hydrogen) atoms. The Hall–Kier alpha value is -2.28. The number of nitrogens with zero attached hydrogens (tertiary/aromatic N) is 2. The van der Waals surface area contributed by atoms with Gasteiger partial charge in [0.25, 0.3) is 11.1 Å². The monoisotopic (exact) mass is 370 g/mol. The number of amides is 1. The van der Waals surface area contributed by atoms with Gasteiger partial charge < -0.3 is 14.7 Å². The average molecular weight is 370 g/mol. The van der Waals surface area contributed by atoms with E-state index in [9.17, 15) is 4.79 Å². The summed E-state index contributed by atoms with van der Waals surface area (Å²) >= 11 is 1.30. The number of aromatic nitrogens is 3. The number of carbonyl (C=O) groups excluding carboxylic acids is 1. The third-order valence-corrected chi connectivity index (χ3v) is 5.76. The molecule has 1 aromatic carbocycles. The van der Waals surface area contributed by atoms with Crippen molar-refractivity contribution in [1.82, 2.24) is 20.5 Å². The first-order valence-corrected chi connectivity index (χ1v) is 9.95. The van der Waals surface area contributed by atoms with Crippen molar-refractivity contribution in [3.05, 3.63) is 30.5 Å². The molecule has 1 aliphatic carbocycles. The molecule has 0 unspecified atom stereocenters. The van der Waals surface area contributed by atoms with E-state index in [4.69, 9.17) is 4.42 Å². The summed E-state index contributed by atoms with van der Waals surface area (Å²) in [6.07, 6.45) is 7.69. The Balaban J connectivity index is 1.42. The number of aromatic amines is 1. The topological polar surface area (TPSA) is 83.8 Å². The highest BCUT2D eigenvalue weighted by atomic mass is 32.2. The molecule has 0 saturated heterocycles. The van der Waals surface area contributed by atoms with Crippen molar-refractivity contribution in [2.75, 3.05) is 0 Å². The highest BCUT2D eigenvalue weighted by Gasteiger charge is 2.23. The SMILES string of the molecule is C[C@@H](Sc1nnc(-c2c[nH]c3ccccc23)o1)C(=O)NC1CCCCC1. The van der Waals surface area contributed by atoms with Gasteiger partial charge in [0, 0.05) is 23.1 Å². The smallest absolute Gasteiger partial charge is 0.277 e. The van der Waals surface area contributed by atoms with Crippen molar-refractivity contribution in [1.29, 1.82) is 0 Å². The van der Waals surface area contributed by atoms with Crippen LogP contribution in [0.25, 0.3) is 22.4 Å². The maximum absolute atomic E-state index is 12.4. The molecule has 1 fully saturated rings. The zero-order chi connectivity index (χ0) is 17.9. The summed E-state index contributed by atoms with van der Waals surface area (Å²) in [6.45, 7) is 1.87. The molecule has 0 aliphatic heterocycles. The van der Waals surface area contributed by atoms with E-state index in [1.165, 1.54) is 31.0 Å². The zero-order valence-corrected chi connectivity index (χ0v) is 15.5. The van der Waals surface area contributed by atoms with Crippen LogP contribution in [0.5, 0.6) is 0 Å². The van der Waals surface area contributed by atoms with E-state index in [0.717, 1.165) is 29.3 Å². The minimum atomic E-state index is -0.270. The first kappa shape index (κ1) is 17.1. The van der Waals surface area contributed by atoms with Crippen molar-refractivity contribution in [3.63, 3.8) is 0 Å². The third kappa shape index (κ3) is 3.62. The Morgan fingerprint density at radius 1 is 1.27 bits per heavy atom. The molecule has 136 valence electrons. The summed E-state index contributed by atoms with van der Waals surface area (Å²) in [4.78, 5) is 15.6. The van der Waals surface area contributed by atoms with Crippen LogP contribution in [-0.4, -0.2) is 32.4 Å². The Morgan fingerprint density at radius 3 is 2.92 bits per heavy atom. The number of thioether (sulfide) groups is 1. The Labute approximate surface area is 156 Å². The summed E-state index contributed by atoms with van der Waals surface area (Å²) in [6, 6.07) is 8.28. The lowest BCUT2D eigenvalue weighted by atomic mass is 9.95. The van der Waals surface area contributed by atoms with Gasteiger partial charge in [0.2, 0.25) is 5.91 Å². The average Bonchev–Trinajstić information content (AvgIpc) is 3.29. The number of H-pyrrole nitrogens is 1. The summed E-state index contributed by atoms with van der Waals surface area (Å²) in [5, 5.41) is 12.6. The first-order valence-electron chi connectivity index (χ1n) is 9.08. The fraction of sp³-hybridized carbons (Fsp3) is 0.421. The van der Waals surface area contributed by atoms with Gasteiger partial charge in [-0.1, -0.05) is 49.2 Å². The van der Waals surface area contributed by atoms with Gasteiger partial charge in [-0.3, -0.25) is 4.79 Å². The molecule has 1 atom stereocenters. The second-order valence-electron chi connectivity index (χ2n) is 6.72. The number of carbonyl (C=O) groups is 1. The molecule has 1 aliphatic rings. The van der Waals surface area contributed by atoms with Crippen molar-refractivity contribution in [2.45, 2.75) is 55.5 Å². The first-order chi connectivity index (χ1) is 12.7.